The molecule has 0 aromatic carbocycles. The van der Waals surface area contributed by atoms with Gasteiger partial charge in [-0.3, -0.25) is 0 Å². The van der Waals surface area contributed by atoms with Crippen LogP contribution in [0.15, 0.2) is 24.3 Å². The maximum atomic E-state index is 10.6. The molecule has 2 aliphatic rings. The van der Waals surface area contributed by atoms with Crippen molar-refractivity contribution in [2.45, 2.75) is 51.0 Å². The molecular formula is C15H24O2. The molecule has 0 amide bonds. The lowest BCUT2D eigenvalue weighted by Crippen LogP contribution is -2.47. The Kier molecular flexibility index (Phi) is 3.21. The second-order valence-corrected chi connectivity index (χ2v) is 6.22. The minimum Gasteiger partial charge on any atom is -0.392 e. The Morgan fingerprint density at radius 1 is 1.41 bits per heavy atom. The molecule has 0 aromatic rings. The predicted octanol–water partition coefficient (Wildman–Crippen LogP) is 2.81. The average molecular weight is 236 g/mol. The van der Waals surface area contributed by atoms with Crippen LogP contribution in [0.2, 0.25) is 0 Å². The van der Waals surface area contributed by atoms with Crippen molar-refractivity contribution in [3.8, 4) is 0 Å². The van der Waals surface area contributed by atoms with Gasteiger partial charge in [0.2, 0.25) is 0 Å². The second-order valence-electron chi connectivity index (χ2n) is 6.22. The molecule has 0 radical (unpaired) electrons. The van der Waals surface area contributed by atoms with Crippen LogP contribution in [0.1, 0.15) is 45.4 Å². The Hall–Kier alpha value is -0.600. The van der Waals surface area contributed by atoms with Gasteiger partial charge in [0, 0.05) is 0 Å². The molecule has 2 rings (SSSR count). The first kappa shape index (κ1) is 12.8. The molecule has 17 heavy (non-hydrogen) atoms. The third kappa shape index (κ3) is 2.09. The quantitative estimate of drug-likeness (QED) is 0.724. The third-order valence-corrected chi connectivity index (χ3v) is 5.08. The SMILES string of the molecule is C=C1CCCC2(C)CCC(O)(C(=C)CO)CC12. The summed E-state index contributed by atoms with van der Waals surface area (Å²) in [6.45, 7) is 10.2. The number of hydrogen-bond donors (Lipinski definition) is 2. The lowest BCUT2D eigenvalue weighted by molar-refractivity contribution is -0.0432. The number of aliphatic hydroxyl groups excluding tert-OH is 1. The maximum absolute atomic E-state index is 10.6. The molecule has 2 saturated carbocycles. The van der Waals surface area contributed by atoms with Crippen LogP contribution in [0.5, 0.6) is 0 Å². The molecule has 3 unspecified atom stereocenters. The normalized spacial score (nSPS) is 42.1. The summed E-state index contributed by atoms with van der Waals surface area (Å²) in [7, 11) is 0. The number of rotatable bonds is 2. The monoisotopic (exact) mass is 236 g/mol. The molecule has 2 nitrogen and oxygen atoms in total. The van der Waals surface area contributed by atoms with E-state index in [1.165, 1.54) is 18.4 Å². The number of aliphatic hydroxyl groups is 2. The van der Waals surface area contributed by atoms with Gasteiger partial charge in [-0.15, -0.1) is 0 Å². The summed E-state index contributed by atoms with van der Waals surface area (Å²) in [5, 5.41) is 19.8. The van der Waals surface area contributed by atoms with Gasteiger partial charge in [-0.2, -0.15) is 0 Å². The number of fused-ring (bicyclic) bond motifs is 1. The van der Waals surface area contributed by atoms with Gasteiger partial charge in [0.15, 0.2) is 0 Å². The molecule has 0 aromatic heterocycles. The summed E-state index contributed by atoms with van der Waals surface area (Å²) in [5.74, 6) is 0.387. The fourth-order valence-electron chi connectivity index (χ4n) is 3.65. The molecule has 0 aliphatic heterocycles. The van der Waals surface area contributed by atoms with E-state index in [-0.39, 0.29) is 6.61 Å². The highest BCUT2D eigenvalue weighted by atomic mass is 16.3. The first-order chi connectivity index (χ1) is 7.91. The van der Waals surface area contributed by atoms with Crippen molar-refractivity contribution in [1.29, 1.82) is 0 Å². The molecule has 0 saturated heterocycles. The van der Waals surface area contributed by atoms with Gasteiger partial charge >= 0.3 is 0 Å². The van der Waals surface area contributed by atoms with E-state index >= 15 is 0 Å². The first-order valence-electron chi connectivity index (χ1n) is 6.60. The van der Waals surface area contributed by atoms with Crippen LogP contribution in [-0.4, -0.2) is 22.4 Å². The van der Waals surface area contributed by atoms with Crippen molar-refractivity contribution in [2.75, 3.05) is 6.61 Å². The van der Waals surface area contributed by atoms with E-state index in [1.807, 2.05) is 0 Å². The van der Waals surface area contributed by atoms with Crippen molar-refractivity contribution in [2.24, 2.45) is 11.3 Å². The zero-order valence-corrected chi connectivity index (χ0v) is 10.8. The Morgan fingerprint density at radius 2 is 2.12 bits per heavy atom. The van der Waals surface area contributed by atoms with Crippen LogP contribution in [0, 0.1) is 11.3 Å². The largest absolute Gasteiger partial charge is 0.392 e. The van der Waals surface area contributed by atoms with Crippen molar-refractivity contribution in [3.63, 3.8) is 0 Å². The topological polar surface area (TPSA) is 40.5 Å². The zero-order valence-electron chi connectivity index (χ0n) is 10.8. The number of hydrogen-bond acceptors (Lipinski definition) is 2. The molecule has 2 heteroatoms. The van der Waals surface area contributed by atoms with Crippen molar-refractivity contribution in [1.82, 2.24) is 0 Å². The third-order valence-electron chi connectivity index (χ3n) is 5.08. The van der Waals surface area contributed by atoms with Crippen LogP contribution in [0.4, 0.5) is 0 Å². The van der Waals surface area contributed by atoms with Gasteiger partial charge in [0.1, 0.15) is 0 Å². The van der Waals surface area contributed by atoms with Crippen LogP contribution in [0.3, 0.4) is 0 Å². The van der Waals surface area contributed by atoms with E-state index in [1.54, 1.807) is 0 Å². The van der Waals surface area contributed by atoms with E-state index in [9.17, 15) is 10.2 Å². The smallest absolute Gasteiger partial charge is 0.0882 e. The van der Waals surface area contributed by atoms with Crippen molar-refractivity contribution < 1.29 is 10.2 Å². The van der Waals surface area contributed by atoms with Gasteiger partial charge in [-0.25, -0.2) is 0 Å². The van der Waals surface area contributed by atoms with Crippen molar-refractivity contribution in [3.05, 3.63) is 24.3 Å². The summed E-state index contributed by atoms with van der Waals surface area (Å²) in [4.78, 5) is 0. The lowest BCUT2D eigenvalue weighted by Gasteiger charge is -2.52. The standard InChI is InChI=1S/C15H24O2/c1-11-5-4-6-14(3)7-8-15(17,9-13(11)14)12(2)10-16/h13,16-17H,1-2,4-10H2,3H3. The Labute approximate surface area is 104 Å². The predicted molar refractivity (Wildman–Crippen MR) is 69.6 cm³/mol. The molecule has 0 heterocycles. The summed E-state index contributed by atoms with van der Waals surface area (Å²) < 4.78 is 0. The lowest BCUT2D eigenvalue weighted by atomic mass is 9.55. The Morgan fingerprint density at radius 3 is 2.76 bits per heavy atom. The fourth-order valence-corrected chi connectivity index (χ4v) is 3.65. The highest BCUT2D eigenvalue weighted by molar-refractivity contribution is 5.22. The highest BCUT2D eigenvalue weighted by Gasteiger charge is 2.48. The Bertz CT molecular complexity index is 347. The minimum absolute atomic E-state index is 0.119. The maximum Gasteiger partial charge on any atom is 0.0882 e. The van der Waals surface area contributed by atoms with Gasteiger partial charge < -0.3 is 10.2 Å². The highest BCUT2D eigenvalue weighted by Crippen LogP contribution is 2.55. The van der Waals surface area contributed by atoms with E-state index in [4.69, 9.17) is 0 Å². The molecule has 0 spiro atoms. The van der Waals surface area contributed by atoms with E-state index in [0.29, 0.717) is 23.3 Å². The average Bonchev–Trinajstić information content (AvgIpc) is 2.30. The van der Waals surface area contributed by atoms with Crippen LogP contribution >= 0.6 is 0 Å². The van der Waals surface area contributed by atoms with E-state index in [2.05, 4.69) is 20.1 Å². The van der Waals surface area contributed by atoms with Crippen LogP contribution in [0.25, 0.3) is 0 Å². The zero-order chi connectivity index (χ0) is 12.7. The molecule has 2 fully saturated rings. The molecule has 2 N–H and O–H groups in total. The van der Waals surface area contributed by atoms with Crippen molar-refractivity contribution >= 4 is 0 Å². The first-order valence-corrected chi connectivity index (χ1v) is 6.60. The summed E-state index contributed by atoms with van der Waals surface area (Å²) in [5.41, 5.74) is 1.27. The minimum atomic E-state index is -0.876. The molecule has 2 aliphatic carbocycles. The molecular weight excluding hydrogens is 212 g/mol. The van der Waals surface area contributed by atoms with E-state index in [0.717, 1.165) is 19.3 Å². The number of allylic oxidation sites excluding steroid dienone is 1. The molecule has 0 bridgehead atoms. The van der Waals surface area contributed by atoms with Gasteiger partial charge in [0.25, 0.3) is 0 Å². The molecule has 3 atom stereocenters. The second kappa shape index (κ2) is 4.25. The van der Waals surface area contributed by atoms with Crippen LogP contribution in [-0.2, 0) is 0 Å². The van der Waals surface area contributed by atoms with E-state index < -0.39 is 5.60 Å². The fraction of sp³-hybridized carbons (Fsp3) is 0.733. The van der Waals surface area contributed by atoms with Gasteiger partial charge in [0.05, 0.1) is 12.2 Å². The Balaban J connectivity index is 2.22. The van der Waals surface area contributed by atoms with Gasteiger partial charge in [-0.05, 0) is 55.4 Å². The summed E-state index contributed by atoms with van der Waals surface area (Å²) in [6.07, 6.45) is 5.98. The summed E-state index contributed by atoms with van der Waals surface area (Å²) >= 11 is 0. The summed E-state index contributed by atoms with van der Waals surface area (Å²) in [6, 6.07) is 0. The van der Waals surface area contributed by atoms with Crippen LogP contribution < -0.4 is 0 Å². The molecule has 96 valence electrons. The van der Waals surface area contributed by atoms with Gasteiger partial charge in [-0.1, -0.05) is 25.7 Å².